The van der Waals surface area contributed by atoms with Crippen LogP contribution < -0.4 is 14.5 Å². The molecule has 10 unspecified atom stereocenters. The van der Waals surface area contributed by atoms with Crippen LogP contribution in [0.3, 0.4) is 0 Å². The van der Waals surface area contributed by atoms with Crippen LogP contribution >= 0.6 is 0 Å². The molecule has 6 aliphatic rings. The molecule has 0 saturated heterocycles. The van der Waals surface area contributed by atoms with Gasteiger partial charge in [-0.25, -0.2) is 0 Å². The van der Waals surface area contributed by atoms with Gasteiger partial charge in [0.25, 0.3) is 0 Å². The summed E-state index contributed by atoms with van der Waals surface area (Å²) in [5.41, 5.74) is 7.51. The molecule has 0 N–H and O–H groups in total. The van der Waals surface area contributed by atoms with Gasteiger partial charge in [-0.2, -0.15) is 0 Å². The van der Waals surface area contributed by atoms with Crippen molar-refractivity contribution < 1.29 is 4.74 Å². The van der Waals surface area contributed by atoms with Crippen LogP contribution in [-0.2, 0) is 0 Å². The number of benzene rings is 2. The molecule has 2 aromatic carbocycles. The molecule has 5 heteroatoms. The van der Waals surface area contributed by atoms with Gasteiger partial charge in [-0.3, -0.25) is 0 Å². The number of aryl methyl sites for hydroxylation is 1. The molecule has 2 aromatic rings. The van der Waals surface area contributed by atoms with Crippen LogP contribution in [0.25, 0.3) is 0 Å². The molecule has 0 bridgehead atoms. The van der Waals surface area contributed by atoms with Crippen molar-refractivity contribution in [3.8, 4) is 5.75 Å². The predicted octanol–water partition coefficient (Wildman–Crippen LogP) is 9.76. The van der Waals surface area contributed by atoms with Gasteiger partial charge < -0.3 is 14.5 Å². The fourth-order valence-corrected chi connectivity index (χ4v) is 14.4. The van der Waals surface area contributed by atoms with Crippen LogP contribution in [0.1, 0.15) is 42.4 Å². The third-order valence-corrected chi connectivity index (χ3v) is 16.9. The lowest BCUT2D eigenvalue weighted by atomic mass is 9.81. The summed E-state index contributed by atoms with van der Waals surface area (Å²) in [6.07, 6.45) is 21.6. The lowest BCUT2D eigenvalue weighted by Crippen LogP contribution is -2.48. The Morgan fingerprint density at radius 1 is 0.638 bits per heavy atom. The number of hydrogen-bond donors (Lipinski definition) is 0. The summed E-state index contributed by atoms with van der Waals surface area (Å²) in [7, 11) is -2.90. The number of nitrogens with zero attached hydrogens (tertiary/aromatic N) is 2. The fraction of sp³-hybridized carbons (Fsp3) is 0.524. The summed E-state index contributed by atoms with van der Waals surface area (Å²) < 4.78 is 6.71. The maximum Gasteiger partial charge on any atom is 0.119 e. The monoisotopic (exact) mass is 660 g/mol. The van der Waals surface area contributed by atoms with E-state index >= 15 is 0 Å². The highest BCUT2D eigenvalue weighted by atomic mass is 28.3. The molecule has 0 spiro atoms. The largest absolute Gasteiger partial charge is 0.494 e. The number of allylic oxidation sites excluding steroid dienone is 8. The van der Waals surface area contributed by atoms with E-state index in [1.165, 1.54) is 40.9 Å². The molecule has 0 aromatic heterocycles. The third-order valence-electron chi connectivity index (χ3n) is 12.8. The standard InChI is InChI=1S/C42H56N2OSi2/c1-27-17-19-37-35(23-27)39-33-15-11-9-14-32(33)29(3)42(39)44(37)26-47(7,8)22-21-45-30-18-20-38-36(24-30)40-34-16-12-10-13-31(34)28(2)41(40)43(38)25-46(4,5)6/h9-20,23-24,28-29,31-34,39-42H,21-22,25-26H2,1-8H3. The third kappa shape index (κ3) is 5.26. The lowest BCUT2D eigenvalue weighted by Gasteiger charge is -2.37. The zero-order valence-electron chi connectivity index (χ0n) is 30.0. The average Bonchev–Trinajstić information content (AvgIpc) is 3.70. The zero-order valence-corrected chi connectivity index (χ0v) is 32.0. The average molecular weight is 661 g/mol. The first-order valence-electron chi connectivity index (χ1n) is 18.5. The molecule has 2 aliphatic heterocycles. The molecule has 248 valence electrons. The smallest absolute Gasteiger partial charge is 0.119 e. The maximum absolute atomic E-state index is 6.71. The van der Waals surface area contributed by atoms with E-state index < -0.39 is 16.1 Å². The Balaban J connectivity index is 0.999. The summed E-state index contributed by atoms with van der Waals surface area (Å²) in [6, 6.07) is 16.7. The molecule has 3 nitrogen and oxygen atoms in total. The van der Waals surface area contributed by atoms with Gasteiger partial charge in [0.05, 0.1) is 22.8 Å². The summed E-state index contributed by atoms with van der Waals surface area (Å²) in [4.78, 5) is 5.69. The molecule has 2 saturated carbocycles. The van der Waals surface area contributed by atoms with E-state index in [0.717, 1.165) is 12.4 Å². The van der Waals surface area contributed by atoms with Crippen LogP contribution in [0.4, 0.5) is 11.4 Å². The van der Waals surface area contributed by atoms with Crippen molar-refractivity contribution in [2.24, 2.45) is 35.5 Å². The van der Waals surface area contributed by atoms with Gasteiger partial charge in [-0.15, -0.1) is 0 Å². The quantitative estimate of drug-likeness (QED) is 0.262. The highest BCUT2D eigenvalue weighted by Crippen LogP contribution is 2.60. The summed E-state index contributed by atoms with van der Waals surface area (Å²) in [6.45, 7) is 20.8. The maximum atomic E-state index is 6.71. The molecule has 10 atom stereocenters. The normalized spacial score (nSPS) is 34.3. The minimum atomic E-state index is -1.61. The number of ether oxygens (including phenoxy) is 1. The predicted molar refractivity (Wildman–Crippen MR) is 205 cm³/mol. The Morgan fingerprint density at radius 2 is 1.15 bits per heavy atom. The van der Waals surface area contributed by atoms with Gasteiger partial charge in [0.2, 0.25) is 0 Å². The highest BCUT2D eigenvalue weighted by Gasteiger charge is 2.56. The van der Waals surface area contributed by atoms with Crippen LogP contribution in [-0.4, -0.2) is 47.2 Å². The second-order valence-corrected chi connectivity index (χ2v) is 28.5. The first-order chi connectivity index (χ1) is 22.4. The molecule has 4 aliphatic carbocycles. The van der Waals surface area contributed by atoms with Crippen molar-refractivity contribution in [3.05, 3.63) is 102 Å². The Kier molecular flexibility index (Phi) is 7.64. The van der Waals surface area contributed by atoms with E-state index in [-0.39, 0.29) is 0 Å². The first-order valence-corrected chi connectivity index (χ1v) is 25.6. The number of hydrogen-bond acceptors (Lipinski definition) is 3. The van der Waals surface area contributed by atoms with Gasteiger partial charge in [0, 0.05) is 47.6 Å². The Labute approximate surface area is 286 Å². The van der Waals surface area contributed by atoms with Gasteiger partial charge in [-0.1, -0.05) is 113 Å². The van der Waals surface area contributed by atoms with Crippen molar-refractivity contribution in [1.29, 1.82) is 0 Å². The Bertz CT molecular complexity index is 1660. The fourth-order valence-electron chi connectivity index (χ4n) is 10.9. The van der Waals surface area contributed by atoms with Crippen LogP contribution in [0.15, 0.2) is 85.0 Å². The van der Waals surface area contributed by atoms with Gasteiger partial charge in [0.15, 0.2) is 0 Å². The zero-order chi connectivity index (χ0) is 32.8. The molecular formula is C42H56N2OSi2. The van der Waals surface area contributed by atoms with E-state index in [1.54, 1.807) is 5.56 Å². The number of rotatable bonds is 8. The molecule has 8 rings (SSSR count). The van der Waals surface area contributed by atoms with Crippen LogP contribution in [0.5, 0.6) is 5.75 Å². The minimum absolute atomic E-state index is 0.561. The van der Waals surface area contributed by atoms with E-state index in [2.05, 4.69) is 148 Å². The van der Waals surface area contributed by atoms with Crippen molar-refractivity contribution in [2.75, 3.05) is 28.7 Å². The molecule has 0 radical (unpaired) electrons. The van der Waals surface area contributed by atoms with E-state index in [4.69, 9.17) is 4.74 Å². The summed E-state index contributed by atoms with van der Waals surface area (Å²) >= 11 is 0. The second kappa shape index (κ2) is 11.4. The molecule has 47 heavy (non-hydrogen) atoms. The van der Waals surface area contributed by atoms with E-state index in [0.29, 0.717) is 59.4 Å². The topological polar surface area (TPSA) is 15.7 Å². The van der Waals surface area contributed by atoms with E-state index in [9.17, 15) is 0 Å². The van der Waals surface area contributed by atoms with Crippen LogP contribution in [0, 0.1) is 42.4 Å². The van der Waals surface area contributed by atoms with Gasteiger partial charge in [-0.05, 0) is 83.9 Å². The molecule has 0 amide bonds. The SMILES string of the molecule is Cc1ccc2c(c1)C1C3C=CC=CC3C(C)C1N2C[Si](C)(C)CCOc1ccc2c(c1)C1C3C=CC=CC3C(C)C1N2C[Si](C)(C)C. The summed E-state index contributed by atoms with van der Waals surface area (Å²) in [5.74, 6) is 6.06. The second-order valence-electron chi connectivity index (χ2n) is 18.0. The number of anilines is 2. The number of fused-ring (bicyclic) bond motifs is 10. The molecule has 2 heterocycles. The van der Waals surface area contributed by atoms with Gasteiger partial charge in [0.1, 0.15) is 5.75 Å². The lowest BCUT2D eigenvalue weighted by molar-refractivity contribution is 0.337. The van der Waals surface area contributed by atoms with Crippen molar-refractivity contribution in [1.82, 2.24) is 0 Å². The van der Waals surface area contributed by atoms with Crippen molar-refractivity contribution in [3.63, 3.8) is 0 Å². The van der Waals surface area contributed by atoms with Gasteiger partial charge >= 0.3 is 0 Å². The first kappa shape index (κ1) is 31.5. The van der Waals surface area contributed by atoms with Crippen LogP contribution in [0.2, 0.25) is 38.8 Å². The Morgan fingerprint density at radius 3 is 1.72 bits per heavy atom. The van der Waals surface area contributed by atoms with Crippen molar-refractivity contribution >= 4 is 27.5 Å². The summed E-state index contributed by atoms with van der Waals surface area (Å²) in [5, 5.41) is 0. The minimum Gasteiger partial charge on any atom is -0.494 e. The molecule has 2 fully saturated rings. The molecular weight excluding hydrogens is 605 g/mol. The highest BCUT2D eigenvalue weighted by molar-refractivity contribution is 6.78. The van der Waals surface area contributed by atoms with Crippen molar-refractivity contribution in [2.45, 2.75) is 83.5 Å². The van der Waals surface area contributed by atoms with E-state index in [1.807, 2.05) is 0 Å². The Hall–Kier alpha value is -2.77.